The molecule has 0 radical (unpaired) electrons. The number of nitrogens with one attached hydrogen (secondary N) is 2. The van der Waals surface area contributed by atoms with Crippen LogP contribution < -0.4 is 15.8 Å². The smallest absolute Gasteiger partial charge is 0.410 e. The number of ether oxygens (including phenoxy) is 1. The van der Waals surface area contributed by atoms with E-state index in [1.165, 1.54) is 6.20 Å². The molecule has 0 aliphatic rings. The van der Waals surface area contributed by atoms with Gasteiger partial charge in [0.15, 0.2) is 0 Å². The number of nitrogens with zero attached hydrogens (tertiary/aromatic N) is 1. The number of anilines is 1. The van der Waals surface area contributed by atoms with Gasteiger partial charge in [0.05, 0.1) is 11.8 Å². The molecule has 0 atom stereocenters. The molecule has 0 aliphatic heterocycles. The second kappa shape index (κ2) is 5.28. The lowest BCUT2D eigenvalue weighted by molar-refractivity contribution is 0.215. The zero-order valence-electron chi connectivity index (χ0n) is 9.21. The molecule has 2 aromatic rings. The van der Waals surface area contributed by atoms with E-state index in [9.17, 15) is 4.79 Å². The first-order chi connectivity index (χ1) is 8.66. The zero-order chi connectivity index (χ0) is 13.0. The second-order valence-corrected chi connectivity index (χ2v) is 3.79. The van der Waals surface area contributed by atoms with Gasteiger partial charge in [0.2, 0.25) is 0 Å². The molecule has 4 N–H and O–H groups in total. The van der Waals surface area contributed by atoms with Crippen molar-refractivity contribution in [1.82, 2.24) is 10.2 Å². The standard InChI is InChI=1S/C11H10N4O2S/c12-9(18)8-6-13-15-10(8)14-11(16)17-7-4-2-1-3-5-7/h1-6H,(H2,12,18)(H2,13,14,15,16). The highest BCUT2D eigenvalue weighted by atomic mass is 32.1. The molecule has 0 spiro atoms. The number of benzene rings is 1. The number of aromatic amines is 1. The van der Waals surface area contributed by atoms with Crippen LogP contribution in [0.15, 0.2) is 36.5 Å². The van der Waals surface area contributed by atoms with E-state index < -0.39 is 6.09 Å². The first kappa shape index (κ1) is 12.1. The Balaban J connectivity index is 2.04. The van der Waals surface area contributed by atoms with Gasteiger partial charge in [-0.15, -0.1) is 0 Å². The number of hydrogen-bond donors (Lipinski definition) is 3. The molecular formula is C11H10N4O2S. The van der Waals surface area contributed by atoms with Crippen molar-refractivity contribution >= 4 is 29.1 Å². The Kier molecular flexibility index (Phi) is 3.54. The zero-order valence-corrected chi connectivity index (χ0v) is 10.0. The Morgan fingerprint density at radius 2 is 2.11 bits per heavy atom. The van der Waals surface area contributed by atoms with Crippen LogP contribution in [0.2, 0.25) is 0 Å². The van der Waals surface area contributed by atoms with Crippen molar-refractivity contribution in [2.45, 2.75) is 0 Å². The van der Waals surface area contributed by atoms with Crippen LogP contribution in [-0.4, -0.2) is 21.3 Å². The number of para-hydroxylation sites is 1. The third-order valence-corrected chi connectivity index (χ3v) is 2.31. The van der Waals surface area contributed by atoms with E-state index >= 15 is 0 Å². The van der Waals surface area contributed by atoms with E-state index in [0.29, 0.717) is 17.1 Å². The Bertz CT molecular complexity index is 567. The molecule has 6 nitrogen and oxygen atoms in total. The van der Waals surface area contributed by atoms with E-state index in [0.717, 1.165) is 0 Å². The minimum absolute atomic E-state index is 0.138. The summed E-state index contributed by atoms with van der Waals surface area (Å²) in [6, 6.07) is 8.69. The Hall–Kier alpha value is -2.41. The topological polar surface area (TPSA) is 93.0 Å². The number of carbonyl (C=O) groups excluding carboxylic acids is 1. The number of hydrogen-bond acceptors (Lipinski definition) is 4. The van der Waals surface area contributed by atoms with Gasteiger partial charge in [0.1, 0.15) is 16.6 Å². The molecule has 0 aliphatic carbocycles. The summed E-state index contributed by atoms with van der Waals surface area (Å²) in [5.74, 6) is 0.745. The van der Waals surface area contributed by atoms with Crippen LogP contribution in [-0.2, 0) is 0 Å². The van der Waals surface area contributed by atoms with Crippen molar-refractivity contribution in [2.24, 2.45) is 5.73 Å². The Morgan fingerprint density at radius 1 is 1.39 bits per heavy atom. The van der Waals surface area contributed by atoms with Crippen LogP contribution >= 0.6 is 12.2 Å². The quantitative estimate of drug-likeness (QED) is 0.731. The molecule has 0 unspecified atom stereocenters. The molecule has 0 saturated heterocycles. The summed E-state index contributed by atoms with van der Waals surface area (Å²) in [4.78, 5) is 11.7. The number of nitrogens with two attached hydrogens (primary N) is 1. The molecule has 0 bridgehead atoms. The van der Waals surface area contributed by atoms with Gasteiger partial charge in [0, 0.05) is 0 Å². The van der Waals surface area contributed by atoms with Crippen LogP contribution in [0.5, 0.6) is 5.75 Å². The van der Waals surface area contributed by atoms with E-state index in [1.807, 2.05) is 6.07 Å². The van der Waals surface area contributed by atoms with Crippen molar-refractivity contribution in [1.29, 1.82) is 0 Å². The summed E-state index contributed by atoms with van der Waals surface area (Å²) in [5, 5.41) is 8.79. The maximum absolute atomic E-state index is 11.6. The fourth-order valence-electron chi connectivity index (χ4n) is 1.29. The molecule has 1 heterocycles. The average Bonchev–Trinajstić information content (AvgIpc) is 2.78. The second-order valence-electron chi connectivity index (χ2n) is 3.35. The van der Waals surface area contributed by atoms with Crippen LogP contribution in [0.3, 0.4) is 0 Å². The third kappa shape index (κ3) is 2.83. The van der Waals surface area contributed by atoms with Gasteiger partial charge in [-0.3, -0.25) is 10.4 Å². The van der Waals surface area contributed by atoms with Crippen LogP contribution in [0, 0.1) is 0 Å². The lowest BCUT2D eigenvalue weighted by Crippen LogP contribution is -2.20. The van der Waals surface area contributed by atoms with Crippen molar-refractivity contribution in [3.8, 4) is 5.75 Å². The molecule has 0 fully saturated rings. The normalized spacial score (nSPS) is 9.78. The molecule has 2 rings (SSSR count). The lowest BCUT2D eigenvalue weighted by Gasteiger charge is -2.05. The number of thiocarbonyl (C=S) groups is 1. The number of carbonyl (C=O) groups is 1. The summed E-state index contributed by atoms with van der Waals surface area (Å²) in [6.45, 7) is 0. The van der Waals surface area contributed by atoms with Gasteiger partial charge in [-0.05, 0) is 12.1 Å². The van der Waals surface area contributed by atoms with Crippen LogP contribution in [0.1, 0.15) is 5.56 Å². The van der Waals surface area contributed by atoms with Crippen molar-refractivity contribution in [3.63, 3.8) is 0 Å². The Morgan fingerprint density at radius 3 is 2.78 bits per heavy atom. The molecule has 1 amide bonds. The molecule has 92 valence electrons. The minimum atomic E-state index is -0.650. The minimum Gasteiger partial charge on any atom is -0.410 e. The van der Waals surface area contributed by atoms with E-state index in [2.05, 4.69) is 15.5 Å². The van der Waals surface area contributed by atoms with Crippen molar-refractivity contribution in [3.05, 3.63) is 42.1 Å². The molecule has 1 aromatic heterocycles. The molecule has 7 heteroatoms. The first-order valence-corrected chi connectivity index (χ1v) is 5.44. The highest BCUT2D eigenvalue weighted by Crippen LogP contribution is 2.13. The summed E-state index contributed by atoms with van der Waals surface area (Å²) < 4.78 is 5.04. The maximum Gasteiger partial charge on any atom is 0.418 e. The lowest BCUT2D eigenvalue weighted by atomic mass is 10.3. The van der Waals surface area contributed by atoms with Gasteiger partial charge in [-0.25, -0.2) is 4.79 Å². The largest absolute Gasteiger partial charge is 0.418 e. The van der Waals surface area contributed by atoms with Crippen LogP contribution in [0.4, 0.5) is 10.6 Å². The van der Waals surface area contributed by atoms with E-state index in [-0.39, 0.29) is 4.99 Å². The first-order valence-electron chi connectivity index (χ1n) is 5.04. The summed E-state index contributed by atoms with van der Waals surface area (Å²) in [6.07, 6.45) is 0.781. The highest BCUT2D eigenvalue weighted by molar-refractivity contribution is 7.80. The molecular weight excluding hydrogens is 252 g/mol. The molecule has 1 aromatic carbocycles. The van der Waals surface area contributed by atoms with Gasteiger partial charge in [-0.2, -0.15) is 5.10 Å². The molecule has 18 heavy (non-hydrogen) atoms. The number of rotatable bonds is 3. The number of aromatic nitrogens is 2. The summed E-state index contributed by atoms with van der Waals surface area (Å²) in [5.41, 5.74) is 5.92. The average molecular weight is 262 g/mol. The van der Waals surface area contributed by atoms with Crippen molar-refractivity contribution in [2.75, 3.05) is 5.32 Å². The van der Waals surface area contributed by atoms with Gasteiger partial charge < -0.3 is 10.5 Å². The fraction of sp³-hybridized carbons (Fsp3) is 0. The van der Waals surface area contributed by atoms with E-state index in [1.54, 1.807) is 24.3 Å². The third-order valence-electron chi connectivity index (χ3n) is 2.09. The highest BCUT2D eigenvalue weighted by Gasteiger charge is 2.12. The summed E-state index contributed by atoms with van der Waals surface area (Å²) >= 11 is 4.81. The van der Waals surface area contributed by atoms with Gasteiger partial charge >= 0.3 is 6.09 Å². The Labute approximate surface area is 108 Å². The summed E-state index contributed by atoms with van der Waals surface area (Å²) in [7, 11) is 0. The van der Waals surface area contributed by atoms with E-state index in [4.69, 9.17) is 22.7 Å². The SMILES string of the molecule is NC(=S)c1cn[nH]c1NC(=O)Oc1ccccc1. The monoisotopic (exact) mass is 262 g/mol. The maximum atomic E-state index is 11.6. The number of H-pyrrole nitrogens is 1. The van der Waals surface area contributed by atoms with Gasteiger partial charge in [-0.1, -0.05) is 30.4 Å². The van der Waals surface area contributed by atoms with Crippen molar-refractivity contribution < 1.29 is 9.53 Å². The predicted octanol–water partition coefficient (Wildman–Crippen LogP) is 1.65. The molecule has 0 saturated carbocycles. The number of amides is 1. The van der Waals surface area contributed by atoms with Gasteiger partial charge in [0.25, 0.3) is 0 Å². The predicted molar refractivity (Wildman–Crippen MR) is 70.6 cm³/mol. The fourth-order valence-corrected chi connectivity index (χ4v) is 1.45. The van der Waals surface area contributed by atoms with Crippen LogP contribution in [0.25, 0.3) is 0 Å².